The van der Waals surface area contributed by atoms with Crippen molar-refractivity contribution in [1.29, 1.82) is 5.26 Å². The summed E-state index contributed by atoms with van der Waals surface area (Å²) in [4.78, 5) is 0. The smallest absolute Gasteiger partial charge is 0.0991 e. The van der Waals surface area contributed by atoms with E-state index in [9.17, 15) is 5.26 Å². The number of hydrogen-bond donors (Lipinski definition) is 0. The molecule has 0 aromatic heterocycles. The summed E-state index contributed by atoms with van der Waals surface area (Å²) in [6, 6.07) is 31.5. The fraction of sp³-hybridized carbons (Fsp3) is 0. The molecule has 5 aromatic carbocycles. The molecule has 1 aliphatic carbocycles. The Hall–Kier alpha value is -3.60. The number of rotatable bonds is 1. The first-order valence-electron chi connectivity index (χ1n) is 9.54. The van der Waals surface area contributed by atoms with E-state index in [0.717, 1.165) is 32.3 Å². The van der Waals surface area contributed by atoms with E-state index < -0.39 is 0 Å². The zero-order chi connectivity index (χ0) is 19.5. The molecule has 0 saturated carbocycles. The Morgan fingerprint density at radius 3 is 2.03 bits per heavy atom. The number of nitrogens with zero attached hydrogens (tertiary/aromatic N) is 1. The van der Waals surface area contributed by atoms with E-state index in [2.05, 4.69) is 66.7 Å². The molecule has 5 aromatic rings. The van der Waals surface area contributed by atoms with Crippen molar-refractivity contribution in [3.8, 4) is 39.4 Å². The lowest BCUT2D eigenvalue weighted by molar-refractivity contribution is 1.50. The Kier molecular flexibility index (Phi) is 3.36. The molecule has 0 fully saturated rings. The van der Waals surface area contributed by atoms with Gasteiger partial charge in [-0.15, -0.1) is 0 Å². The standard InChI is InChI=1S/C27H14ClN/c28-25-12-11-24-22-4-2-1-3-21(22)23-10-9-20(27(25)26(23)24)18-8-7-17-6-5-16(15-29)13-19(17)14-18/h1-14H. The molecule has 0 saturated heterocycles. The minimum atomic E-state index is 0.670. The highest BCUT2D eigenvalue weighted by atomic mass is 35.5. The van der Waals surface area contributed by atoms with Gasteiger partial charge in [0.15, 0.2) is 0 Å². The molecule has 0 atom stereocenters. The zero-order valence-electron chi connectivity index (χ0n) is 15.4. The van der Waals surface area contributed by atoms with Crippen molar-refractivity contribution in [3.63, 3.8) is 0 Å². The Morgan fingerprint density at radius 2 is 1.28 bits per heavy atom. The molecular weight excluding hydrogens is 374 g/mol. The van der Waals surface area contributed by atoms with Gasteiger partial charge in [0.25, 0.3) is 0 Å². The van der Waals surface area contributed by atoms with Crippen LogP contribution in [-0.4, -0.2) is 0 Å². The van der Waals surface area contributed by atoms with Gasteiger partial charge in [-0.3, -0.25) is 0 Å². The molecule has 0 unspecified atom stereocenters. The summed E-state index contributed by atoms with van der Waals surface area (Å²) in [5.41, 5.74) is 7.90. The Morgan fingerprint density at radius 1 is 0.586 bits per heavy atom. The summed E-state index contributed by atoms with van der Waals surface area (Å²) < 4.78 is 0. The summed E-state index contributed by atoms with van der Waals surface area (Å²) in [7, 11) is 0. The lowest BCUT2D eigenvalue weighted by atomic mass is 9.93. The van der Waals surface area contributed by atoms with Crippen LogP contribution in [-0.2, 0) is 0 Å². The molecule has 0 aliphatic heterocycles. The van der Waals surface area contributed by atoms with Crippen molar-refractivity contribution in [2.45, 2.75) is 0 Å². The molecular formula is C27H14ClN. The van der Waals surface area contributed by atoms with Gasteiger partial charge in [0, 0.05) is 10.4 Å². The Labute approximate surface area is 173 Å². The van der Waals surface area contributed by atoms with Crippen LogP contribution >= 0.6 is 11.6 Å². The molecule has 29 heavy (non-hydrogen) atoms. The SMILES string of the molecule is N#Cc1ccc2ccc(-c3ccc4c5c(ccc(Cl)c35)-c3ccccc3-4)cc2c1. The van der Waals surface area contributed by atoms with E-state index in [1.165, 1.54) is 27.6 Å². The topological polar surface area (TPSA) is 23.8 Å². The second kappa shape index (κ2) is 5.95. The largest absolute Gasteiger partial charge is 0.192 e. The quantitative estimate of drug-likeness (QED) is 0.282. The van der Waals surface area contributed by atoms with E-state index in [-0.39, 0.29) is 0 Å². The van der Waals surface area contributed by atoms with Crippen molar-refractivity contribution >= 4 is 33.1 Å². The molecule has 0 spiro atoms. The third-order valence-corrected chi connectivity index (χ3v) is 6.21. The van der Waals surface area contributed by atoms with Gasteiger partial charge in [0.2, 0.25) is 0 Å². The molecule has 0 bridgehead atoms. The van der Waals surface area contributed by atoms with Gasteiger partial charge >= 0.3 is 0 Å². The van der Waals surface area contributed by atoms with Crippen LogP contribution in [0.15, 0.2) is 84.9 Å². The normalized spacial score (nSPS) is 11.6. The van der Waals surface area contributed by atoms with Gasteiger partial charge in [-0.25, -0.2) is 0 Å². The Balaban J connectivity index is 1.68. The maximum absolute atomic E-state index is 9.25. The van der Waals surface area contributed by atoms with Crippen LogP contribution in [0, 0.1) is 11.3 Å². The fourth-order valence-corrected chi connectivity index (χ4v) is 4.84. The molecule has 0 N–H and O–H groups in total. The second-order valence-corrected chi connectivity index (χ2v) is 7.85. The summed E-state index contributed by atoms with van der Waals surface area (Å²) in [6.07, 6.45) is 0. The summed E-state index contributed by atoms with van der Waals surface area (Å²) >= 11 is 6.75. The molecule has 0 heterocycles. The average Bonchev–Trinajstić information content (AvgIpc) is 3.10. The third-order valence-electron chi connectivity index (χ3n) is 5.90. The van der Waals surface area contributed by atoms with Gasteiger partial charge in [-0.2, -0.15) is 5.26 Å². The lowest BCUT2D eigenvalue weighted by Crippen LogP contribution is -1.86. The number of halogens is 1. The highest BCUT2D eigenvalue weighted by molar-refractivity contribution is 6.39. The molecule has 1 nitrogen and oxygen atoms in total. The van der Waals surface area contributed by atoms with Crippen molar-refractivity contribution in [1.82, 2.24) is 0 Å². The molecule has 1 aliphatic rings. The summed E-state index contributed by atoms with van der Waals surface area (Å²) in [5.74, 6) is 0. The van der Waals surface area contributed by atoms with Crippen molar-refractivity contribution < 1.29 is 0 Å². The van der Waals surface area contributed by atoms with Crippen LogP contribution in [0.1, 0.15) is 5.56 Å². The summed E-state index contributed by atoms with van der Waals surface area (Å²) in [6.45, 7) is 0. The van der Waals surface area contributed by atoms with Crippen LogP contribution in [0.4, 0.5) is 0 Å². The third kappa shape index (κ3) is 2.27. The van der Waals surface area contributed by atoms with Gasteiger partial charge in [0.1, 0.15) is 0 Å². The summed E-state index contributed by atoms with van der Waals surface area (Å²) in [5, 5.41) is 14.5. The maximum Gasteiger partial charge on any atom is 0.0991 e. The average molecular weight is 388 g/mol. The van der Waals surface area contributed by atoms with Gasteiger partial charge in [-0.05, 0) is 73.8 Å². The minimum Gasteiger partial charge on any atom is -0.192 e. The highest BCUT2D eigenvalue weighted by Crippen LogP contribution is 2.51. The number of benzene rings is 5. The number of nitriles is 1. The predicted octanol–water partition coefficient (Wildman–Crippen LogP) is 7.83. The molecule has 6 rings (SSSR count). The number of hydrogen-bond acceptors (Lipinski definition) is 1. The second-order valence-electron chi connectivity index (χ2n) is 7.44. The highest BCUT2D eigenvalue weighted by Gasteiger charge is 2.23. The van der Waals surface area contributed by atoms with Crippen LogP contribution in [0.5, 0.6) is 0 Å². The number of fused-ring (bicyclic) bond motifs is 4. The van der Waals surface area contributed by atoms with Gasteiger partial charge < -0.3 is 0 Å². The predicted molar refractivity (Wildman–Crippen MR) is 121 cm³/mol. The maximum atomic E-state index is 9.25. The lowest BCUT2D eigenvalue weighted by Gasteiger charge is -2.12. The van der Waals surface area contributed by atoms with Crippen molar-refractivity contribution in [2.24, 2.45) is 0 Å². The first kappa shape index (κ1) is 16.4. The first-order valence-corrected chi connectivity index (χ1v) is 9.92. The van der Waals surface area contributed by atoms with Crippen LogP contribution in [0.25, 0.3) is 54.9 Å². The van der Waals surface area contributed by atoms with Crippen LogP contribution < -0.4 is 0 Å². The Bertz CT molecular complexity index is 1490. The van der Waals surface area contributed by atoms with Crippen LogP contribution in [0.2, 0.25) is 5.02 Å². The minimum absolute atomic E-state index is 0.670. The fourth-order valence-electron chi connectivity index (χ4n) is 4.58. The monoisotopic (exact) mass is 387 g/mol. The van der Waals surface area contributed by atoms with E-state index in [0.29, 0.717) is 5.56 Å². The molecule has 2 heteroatoms. The van der Waals surface area contributed by atoms with E-state index in [1.807, 2.05) is 24.3 Å². The van der Waals surface area contributed by atoms with Gasteiger partial charge in [-0.1, -0.05) is 72.3 Å². The van der Waals surface area contributed by atoms with E-state index >= 15 is 0 Å². The van der Waals surface area contributed by atoms with Crippen LogP contribution in [0.3, 0.4) is 0 Å². The van der Waals surface area contributed by atoms with Gasteiger partial charge in [0.05, 0.1) is 11.6 Å². The molecule has 134 valence electrons. The van der Waals surface area contributed by atoms with E-state index in [1.54, 1.807) is 0 Å². The molecule has 0 amide bonds. The van der Waals surface area contributed by atoms with E-state index in [4.69, 9.17) is 11.6 Å². The molecule has 0 radical (unpaired) electrons. The zero-order valence-corrected chi connectivity index (χ0v) is 16.2. The van der Waals surface area contributed by atoms with Crippen molar-refractivity contribution in [2.75, 3.05) is 0 Å². The van der Waals surface area contributed by atoms with Crippen molar-refractivity contribution in [3.05, 3.63) is 95.5 Å². The first-order chi connectivity index (χ1) is 14.2.